The summed E-state index contributed by atoms with van der Waals surface area (Å²) in [5, 5.41) is 3.45. The third-order valence-corrected chi connectivity index (χ3v) is 9.18. The number of rotatable bonds is 17. The zero-order valence-electron chi connectivity index (χ0n) is 28.0. The average molecular weight is 611 g/mol. The summed E-state index contributed by atoms with van der Waals surface area (Å²) in [6.07, 6.45) is 8.33. The van der Waals surface area contributed by atoms with Crippen molar-refractivity contribution in [2.45, 2.75) is 115 Å². The van der Waals surface area contributed by atoms with Crippen LogP contribution in [0, 0.1) is 0 Å². The van der Waals surface area contributed by atoms with E-state index in [1.165, 1.54) is 27.2 Å². The number of benzene rings is 3. The maximum atomic E-state index is 13.5. The smallest absolute Gasteiger partial charge is 0.220 e. The van der Waals surface area contributed by atoms with Gasteiger partial charge in [0.2, 0.25) is 5.91 Å². The molecule has 3 rings (SSSR count). The molecule has 3 aromatic carbocycles. The minimum absolute atomic E-state index is 0.0769. The van der Waals surface area contributed by atoms with E-state index in [0.717, 1.165) is 36.8 Å². The van der Waals surface area contributed by atoms with E-state index in [1.807, 2.05) is 18.2 Å². The molecule has 4 heteroatoms. The minimum Gasteiger partial charge on any atom is -0.347 e. The molecule has 0 heterocycles. The Morgan fingerprint density at radius 3 is 1.80 bits per heavy atom. The van der Waals surface area contributed by atoms with Crippen LogP contribution in [-0.4, -0.2) is 5.91 Å². The maximum Gasteiger partial charge on any atom is 0.220 e. The van der Waals surface area contributed by atoms with Gasteiger partial charge >= 0.3 is 0 Å². The zero-order valence-corrected chi connectivity index (χ0v) is 28.8. The van der Waals surface area contributed by atoms with Gasteiger partial charge in [-0.2, -0.15) is 0 Å². The molecule has 0 saturated heterocycles. The molecule has 0 aromatic heterocycles. The summed E-state index contributed by atoms with van der Waals surface area (Å²) in [4.78, 5) is 14.8. The summed E-state index contributed by atoms with van der Waals surface area (Å²) in [6.45, 7) is 19.7. The number of allylic oxidation sites excluding steroid dienone is 3. The highest BCUT2D eigenvalue weighted by molar-refractivity contribution is 7.97. The molecule has 0 bridgehead atoms. The van der Waals surface area contributed by atoms with Crippen molar-refractivity contribution in [3.8, 4) is 0 Å². The van der Waals surface area contributed by atoms with Gasteiger partial charge in [-0.3, -0.25) is 4.79 Å². The fourth-order valence-electron chi connectivity index (χ4n) is 5.62. The molecule has 236 valence electrons. The second-order valence-corrected chi connectivity index (χ2v) is 13.5. The number of hydrogen-bond acceptors (Lipinski definition) is 3. The Morgan fingerprint density at radius 2 is 1.32 bits per heavy atom. The summed E-state index contributed by atoms with van der Waals surface area (Å²) in [7, 11) is 0. The SMILES string of the molecule is C=CC/C(=C\CC)CCCC(=O)NC(c1ccccc1)[C@@H](NSc1c(C(C)C)cc(C(C)C)cc1C(C)C)c1ccccc1. The van der Waals surface area contributed by atoms with Crippen molar-refractivity contribution in [3.05, 3.63) is 125 Å². The lowest BCUT2D eigenvalue weighted by Crippen LogP contribution is -2.36. The van der Waals surface area contributed by atoms with E-state index in [9.17, 15) is 4.79 Å². The third kappa shape index (κ3) is 10.2. The Kier molecular flexibility index (Phi) is 14.5. The van der Waals surface area contributed by atoms with Crippen molar-refractivity contribution in [2.24, 2.45) is 0 Å². The summed E-state index contributed by atoms with van der Waals surface area (Å²) >= 11 is 1.72. The molecule has 1 unspecified atom stereocenters. The Hall–Kier alpha value is -3.08. The summed E-state index contributed by atoms with van der Waals surface area (Å²) in [5.74, 6) is 1.33. The van der Waals surface area contributed by atoms with Crippen LogP contribution in [0.3, 0.4) is 0 Å². The number of carbonyl (C=O) groups is 1. The molecule has 1 amide bonds. The van der Waals surface area contributed by atoms with E-state index in [0.29, 0.717) is 24.2 Å². The van der Waals surface area contributed by atoms with Gasteiger partial charge in [0.05, 0.1) is 12.1 Å². The molecular weight excluding hydrogens is 557 g/mol. The van der Waals surface area contributed by atoms with E-state index in [1.54, 1.807) is 11.9 Å². The summed E-state index contributed by atoms with van der Waals surface area (Å²) in [6, 6.07) is 25.3. The lowest BCUT2D eigenvalue weighted by molar-refractivity contribution is -0.122. The first-order valence-corrected chi connectivity index (χ1v) is 17.3. The monoisotopic (exact) mass is 610 g/mol. The van der Waals surface area contributed by atoms with Gasteiger partial charge in [0.1, 0.15) is 0 Å². The highest BCUT2D eigenvalue weighted by atomic mass is 32.2. The van der Waals surface area contributed by atoms with Crippen molar-refractivity contribution in [1.29, 1.82) is 0 Å². The quantitative estimate of drug-likeness (QED) is 0.118. The van der Waals surface area contributed by atoms with E-state index in [-0.39, 0.29) is 18.0 Å². The number of nitrogens with one attached hydrogen (secondary N) is 2. The second kappa shape index (κ2) is 18.0. The third-order valence-electron chi connectivity index (χ3n) is 8.14. The molecule has 0 saturated carbocycles. The largest absolute Gasteiger partial charge is 0.347 e. The van der Waals surface area contributed by atoms with Crippen LogP contribution in [0.4, 0.5) is 0 Å². The predicted molar refractivity (Wildman–Crippen MR) is 191 cm³/mol. The van der Waals surface area contributed by atoms with Gasteiger partial charge in [-0.25, -0.2) is 4.72 Å². The molecule has 0 radical (unpaired) electrons. The Labute approximate surface area is 272 Å². The second-order valence-electron chi connectivity index (χ2n) is 12.7. The number of hydrogen-bond donors (Lipinski definition) is 2. The van der Waals surface area contributed by atoms with Gasteiger partial charge in [-0.1, -0.05) is 139 Å². The lowest BCUT2D eigenvalue weighted by atomic mass is 9.89. The van der Waals surface area contributed by atoms with E-state index in [2.05, 4.69) is 132 Å². The highest BCUT2D eigenvalue weighted by Gasteiger charge is 2.28. The molecule has 0 aliphatic heterocycles. The number of carbonyl (C=O) groups excluding carboxylic acids is 1. The molecule has 44 heavy (non-hydrogen) atoms. The lowest BCUT2D eigenvalue weighted by Gasteiger charge is -2.31. The first-order chi connectivity index (χ1) is 21.2. The molecule has 0 aliphatic carbocycles. The maximum absolute atomic E-state index is 13.5. The Balaban J connectivity index is 1.97. The molecule has 3 aromatic rings. The Bertz CT molecular complexity index is 1320. The van der Waals surface area contributed by atoms with Gasteiger partial charge in [0, 0.05) is 11.3 Å². The van der Waals surface area contributed by atoms with Crippen molar-refractivity contribution in [2.75, 3.05) is 0 Å². The fraction of sp³-hybridized carbons (Fsp3) is 0.425. The van der Waals surface area contributed by atoms with Gasteiger partial charge in [0.25, 0.3) is 0 Å². The first-order valence-electron chi connectivity index (χ1n) is 16.4. The predicted octanol–water partition coefficient (Wildman–Crippen LogP) is 11.3. The standard InChI is InChI=1S/C40H54N2OS/c1-9-18-31(19-10-2)20-17-25-37(43)41-38(32-21-13-11-14-22-32)39(33-23-15-12-16-24-33)42-44-40-35(29(5)6)26-34(28(3)4)27-36(40)30(7)8/h9,11-16,19,21-24,26-30,38-39,42H,1,10,17-18,20,25H2,2-8H3,(H,41,43)/b31-19+/t38?,39-/m0/s1. The molecular formula is C40H54N2OS. The average Bonchev–Trinajstić information content (AvgIpc) is 3.01. The van der Waals surface area contributed by atoms with Crippen LogP contribution in [0.2, 0.25) is 0 Å². The molecule has 2 atom stereocenters. The minimum atomic E-state index is -0.239. The van der Waals surface area contributed by atoms with Crippen molar-refractivity contribution in [1.82, 2.24) is 10.0 Å². The van der Waals surface area contributed by atoms with Crippen molar-refractivity contribution >= 4 is 17.9 Å². The van der Waals surface area contributed by atoms with Gasteiger partial charge in [-0.05, 0) is 83.2 Å². The van der Waals surface area contributed by atoms with Crippen LogP contribution in [0.15, 0.2) is 102 Å². The first kappa shape index (κ1) is 35.4. The number of amides is 1. The van der Waals surface area contributed by atoms with Crippen LogP contribution in [-0.2, 0) is 4.79 Å². The van der Waals surface area contributed by atoms with Crippen LogP contribution in [0.1, 0.15) is 138 Å². The molecule has 2 N–H and O–H groups in total. The van der Waals surface area contributed by atoms with Crippen molar-refractivity contribution < 1.29 is 4.79 Å². The van der Waals surface area contributed by atoms with E-state index >= 15 is 0 Å². The summed E-state index contributed by atoms with van der Waals surface area (Å²) in [5.41, 5.74) is 7.73. The van der Waals surface area contributed by atoms with E-state index in [4.69, 9.17) is 0 Å². The Morgan fingerprint density at radius 1 is 0.773 bits per heavy atom. The van der Waals surface area contributed by atoms with Gasteiger partial charge < -0.3 is 5.32 Å². The molecule has 0 spiro atoms. The normalized spacial score (nSPS) is 13.4. The van der Waals surface area contributed by atoms with Crippen molar-refractivity contribution in [3.63, 3.8) is 0 Å². The molecule has 0 fully saturated rings. The highest BCUT2D eigenvalue weighted by Crippen LogP contribution is 2.40. The fourth-order valence-corrected chi connectivity index (χ4v) is 6.96. The topological polar surface area (TPSA) is 41.1 Å². The van der Waals surface area contributed by atoms with Gasteiger partial charge in [0.15, 0.2) is 0 Å². The summed E-state index contributed by atoms with van der Waals surface area (Å²) < 4.78 is 3.89. The molecule has 3 nitrogen and oxygen atoms in total. The van der Waals surface area contributed by atoms with E-state index < -0.39 is 0 Å². The van der Waals surface area contributed by atoms with Crippen LogP contribution in [0.25, 0.3) is 0 Å². The van der Waals surface area contributed by atoms with Crippen LogP contribution in [0.5, 0.6) is 0 Å². The zero-order chi connectivity index (χ0) is 32.1. The van der Waals surface area contributed by atoms with Crippen LogP contribution < -0.4 is 10.0 Å². The van der Waals surface area contributed by atoms with Crippen LogP contribution >= 0.6 is 11.9 Å². The van der Waals surface area contributed by atoms with Gasteiger partial charge in [-0.15, -0.1) is 6.58 Å². The molecule has 0 aliphatic rings.